The Morgan fingerprint density at radius 2 is 1.76 bits per heavy atom. The molecule has 0 heterocycles. The molecule has 0 spiro atoms. The van der Waals surface area contributed by atoms with Crippen LogP contribution in [-0.4, -0.2) is 37.6 Å². The molecule has 0 saturated heterocycles. The lowest BCUT2D eigenvalue weighted by Crippen LogP contribution is -2.38. The van der Waals surface area contributed by atoms with E-state index in [4.69, 9.17) is 9.47 Å². The van der Waals surface area contributed by atoms with Gasteiger partial charge in [0.25, 0.3) is 0 Å². The van der Waals surface area contributed by atoms with Gasteiger partial charge in [-0.25, -0.2) is 0 Å². The van der Waals surface area contributed by atoms with Gasteiger partial charge in [-0.3, -0.25) is 14.4 Å². The van der Waals surface area contributed by atoms with Crippen LogP contribution in [0.4, 0.5) is 0 Å². The number of carbonyl (C=O) groups excluding carboxylic acids is 3. The summed E-state index contributed by atoms with van der Waals surface area (Å²) >= 11 is 0. The normalized spacial score (nSPS) is 11.8. The van der Waals surface area contributed by atoms with E-state index in [9.17, 15) is 14.4 Å². The summed E-state index contributed by atoms with van der Waals surface area (Å²) in [5, 5.41) is 2.66. The second-order valence-corrected chi connectivity index (χ2v) is 5.21. The quantitative estimate of drug-likeness (QED) is 0.399. The Balaban J connectivity index is 2.49. The summed E-state index contributed by atoms with van der Waals surface area (Å²) in [6.45, 7) is 4.01. The zero-order valence-corrected chi connectivity index (χ0v) is 14.7. The number of nitrogens with one attached hydrogen (secondary N) is 1. The standard InChI is InChI=1S/C19H25NO5/c1-3-24-17(21)14-16(19(23)25-4-2)18(22)20-13-9-8-12-15-10-6-5-7-11-15/h5-8,10-12,16H,3-4,9,13-14H2,1-2H3,(H,20,22)/b12-8+. The van der Waals surface area contributed by atoms with Gasteiger partial charge in [0, 0.05) is 6.54 Å². The molecule has 1 atom stereocenters. The molecule has 1 amide bonds. The van der Waals surface area contributed by atoms with Crippen molar-refractivity contribution >= 4 is 23.9 Å². The van der Waals surface area contributed by atoms with Crippen LogP contribution in [0.5, 0.6) is 0 Å². The zero-order valence-electron chi connectivity index (χ0n) is 14.7. The number of benzene rings is 1. The Bertz CT molecular complexity index is 583. The predicted octanol–water partition coefficient (Wildman–Crippen LogP) is 2.34. The molecule has 6 nitrogen and oxygen atoms in total. The first kappa shape index (κ1) is 20.4. The molecule has 1 unspecified atom stereocenters. The van der Waals surface area contributed by atoms with Crippen LogP contribution in [0, 0.1) is 5.92 Å². The smallest absolute Gasteiger partial charge is 0.319 e. The Labute approximate surface area is 148 Å². The molecular weight excluding hydrogens is 322 g/mol. The Hall–Kier alpha value is -2.63. The number of hydrogen-bond donors (Lipinski definition) is 1. The van der Waals surface area contributed by atoms with E-state index in [0.29, 0.717) is 13.0 Å². The Morgan fingerprint density at radius 1 is 1.08 bits per heavy atom. The van der Waals surface area contributed by atoms with E-state index in [-0.39, 0.29) is 19.6 Å². The third-order valence-corrected chi connectivity index (χ3v) is 3.28. The minimum Gasteiger partial charge on any atom is -0.466 e. The van der Waals surface area contributed by atoms with Gasteiger partial charge in [0.15, 0.2) is 0 Å². The van der Waals surface area contributed by atoms with Crippen molar-refractivity contribution in [3.05, 3.63) is 42.0 Å². The molecule has 0 aliphatic carbocycles. The first-order valence-electron chi connectivity index (χ1n) is 8.40. The van der Waals surface area contributed by atoms with Gasteiger partial charge in [-0.1, -0.05) is 42.5 Å². The van der Waals surface area contributed by atoms with E-state index in [2.05, 4.69) is 5.32 Å². The number of ether oxygens (including phenoxy) is 2. The van der Waals surface area contributed by atoms with Crippen molar-refractivity contribution in [3.8, 4) is 0 Å². The van der Waals surface area contributed by atoms with Crippen LogP contribution >= 0.6 is 0 Å². The van der Waals surface area contributed by atoms with Crippen LogP contribution < -0.4 is 5.32 Å². The molecule has 0 saturated carbocycles. The van der Waals surface area contributed by atoms with E-state index >= 15 is 0 Å². The number of hydrogen-bond acceptors (Lipinski definition) is 5. The van der Waals surface area contributed by atoms with Gasteiger partial charge in [-0.05, 0) is 25.8 Å². The first-order chi connectivity index (χ1) is 12.1. The van der Waals surface area contributed by atoms with Crippen LogP contribution in [0.2, 0.25) is 0 Å². The first-order valence-corrected chi connectivity index (χ1v) is 8.40. The molecule has 25 heavy (non-hydrogen) atoms. The molecule has 0 aliphatic heterocycles. The van der Waals surface area contributed by atoms with E-state index in [1.165, 1.54) is 0 Å². The second-order valence-electron chi connectivity index (χ2n) is 5.21. The van der Waals surface area contributed by atoms with Gasteiger partial charge < -0.3 is 14.8 Å². The summed E-state index contributed by atoms with van der Waals surface area (Å²) < 4.78 is 9.67. The highest BCUT2D eigenvalue weighted by Gasteiger charge is 2.30. The van der Waals surface area contributed by atoms with Crippen LogP contribution in [0.3, 0.4) is 0 Å². The largest absolute Gasteiger partial charge is 0.466 e. The van der Waals surface area contributed by atoms with Crippen molar-refractivity contribution in [2.24, 2.45) is 5.92 Å². The highest BCUT2D eigenvalue weighted by molar-refractivity contribution is 6.00. The number of esters is 2. The number of carbonyl (C=O) groups is 3. The third kappa shape index (κ3) is 8.15. The lowest BCUT2D eigenvalue weighted by Gasteiger charge is -2.14. The molecule has 1 N–H and O–H groups in total. The minimum absolute atomic E-state index is 0.144. The molecule has 0 aliphatic rings. The van der Waals surface area contributed by atoms with Gasteiger partial charge in [-0.2, -0.15) is 0 Å². The summed E-state index contributed by atoms with van der Waals surface area (Å²) in [4.78, 5) is 35.7. The average Bonchev–Trinajstić information content (AvgIpc) is 2.60. The van der Waals surface area contributed by atoms with Gasteiger partial charge in [0.1, 0.15) is 5.92 Å². The summed E-state index contributed by atoms with van der Waals surface area (Å²) in [5.41, 5.74) is 1.07. The van der Waals surface area contributed by atoms with Crippen LogP contribution in [0.1, 0.15) is 32.3 Å². The van der Waals surface area contributed by atoms with Gasteiger partial charge in [0.05, 0.1) is 19.6 Å². The van der Waals surface area contributed by atoms with E-state index in [1.807, 2.05) is 42.5 Å². The van der Waals surface area contributed by atoms with Crippen LogP contribution in [0.15, 0.2) is 36.4 Å². The fraction of sp³-hybridized carbons (Fsp3) is 0.421. The van der Waals surface area contributed by atoms with Gasteiger partial charge in [0.2, 0.25) is 5.91 Å². The minimum atomic E-state index is -1.18. The lowest BCUT2D eigenvalue weighted by atomic mass is 10.0. The molecule has 1 aromatic carbocycles. The van der Waals surface area contributed by atoms with E-state index in [1.54, 1.807) is 13.8 Å². The van der Waals surface area contributed by atoms with Crippen LogP contribution in [0.25, 0.3) is 6.08 Å². The molecule has 0 fully saturated rings. The average molecular weight is 347 g/mol. The van der Waals surface area contributed by atoms with Crippen molar-refractivity contribution < 1.29 is 23.9 Å². The molecule has 0 aromatic heterocycles. The maximum Gasteiger partial charge on any atom is 0.319 e. The van der Waals surface area contributed by atoms with Crippen molar-refractivity contribution in [2.75, 3.05) is 19.8 Å². The highest BCUT2D eigenvalue weighted by atomic mass is 16.5. The fourth-order valence-corrected chi connectivity index (χ4v) is 2.10. The maximum absolute atomic E-state index is 12.2. The van der Waals surface area contributed by atoms with Crippen LogP contribution in [-0.2, 0) is 23.9 Å². The third-order valence-electron chi connectivity index (χ3n) is 3.28. The fourth-order valence-electron chi connectivity index (χ4n) is 2.10. The zero-order chi connectivity index (χ0) is 18.5. The molecular formula is C19H25NO5. The summed E-state index contributed by atoms with van der Waals surface area (Å²) in [6, 6.07) is 9.79. The summed E-state index contributed by atoms with van der Waals surface area (Å²) in [5.74, 6) is -3.02. The SMILES string of the molecule is CCOC(=O)CC(C(=O)NCC/C=C/c1ccccc1)C(=O)OCC. The second kappa shape index (κ2) is 11.8. The predicted molar refractivity (Wildman–Crippen MR) is 94.5 cm³/mol. The summed E-state index contributed by atoms with van der Waals surface area (Å²) in [7, 11) is 0. The summed E-state index contributed by atoms with van der Waals surface area (Å²) in [6.07, 6.45) is 4.17. The monoisotopic (exact) mass is 347 g/mol. The van der Waals surface area contributed by atoms with E-state index < -0.39 is 23.8 Å². The Morgan fingerprint density at radius 3 is 2.40 bits per heavy atom. The molecule has 6 heteroatoms. The molecule has 0 radical (unpaired) electrons. The van der Waals surface area contributed by atoms with Gasteiger partial charge >= 0.3 is 11.9 Å². The molecule has 1 aromatic rings. The molecule has 136 valence electrons. The highest BCUT2D eigenvalue weighted by Crippen LogP contribution is 2.09. The topological polar surface area (TPSA) is 81.7 Å². The Kier molecular flexibility index (Phi) is 9.67. The van der Waals surface area contributed by atoms with Gasteiger partial charge in [-0.15, -0.1) is 0 Å². The van der Waals surface area contributed by atoms with Crippen molar-refractivity contribution in [3.63, 3.8) is 0 Å². The van der Waals surface area contributed by atoms with Crippen molar-refractivity contribution in [1.82, 2.24) is 5.32 Å². The van der Waals surface area contributed by atoms with Crippen molar-refractivity contribution in [2.45, 2.75) is 26.7 Å². The molecule has 1 rings (SSSR count). The number of amides is 1. The van der Waals surface area contributed by atoms with Crippen molar-refractivity contribution in [1.29, 1.82) is 0 Å². The van der Waals surface area contributed by atoms with E-state index in [0.717, 1.165) is 5.56 Å². The maximum atomic E-state index is 12.2. The molecule has 0 bridgehead atoms. The lowest BCUT2D eigenvalue weighted by molar-refractivity contribution is -0.158. The number of rotatable bonds is 10.